The number of nitrogens with zero attached hydrogens (tertiary/aromatic N) is 6. The van der Waals surface area contributed by atoms with E-state index in [9.17, 15) is 8.42 Å². The lowest BCUT2D eigenvalue weighted by molar-refractivity contribution is 0.180. The number of hydrogen-bond acceptors (Lipinski definition) is 8. The van der Waals surface area contributed by atoms with Crippen LogP contribution >= 0.6 is 22.7 Å². The third kappa shape index (κ3) is 4.55. The van der Waals surface area contributed by atoms with Crippen molar-refractivity contribution in [1.82, 2.24) is 29.2 Å². The van der Waals surface area contributed by atoms with Gasteiger partial charge in [0.2, 0.25) is 10.0 Å². The number of thiazole rings is 1. The molecule has 1 aliphatic heterocycles. The second kappa shape index (κ2) is 8.75. The van der Waals surface area contributed by atoms with E-state index in [1.807, 2.05) is 24.3 Å². The SMILES string of the molecule is O=S(=O)(CCn1nnc2ccccc21)N1CCN(Cc2csc(-c3ccsc3)n2)CC1. The molecule has 1 aromatic carbocycles. The lowest BCUT2D eigenvalue weighted by Crippen LogP contribution is -2.49. The van der Waals surface area contributed by atoms with Crippen LogP contribution in [0.3, 0.4) is 0 Å². The van der Waals surface area contributed by atoms with Crippen LogP contribution in [0.25, 0.3) is 21.6 Å². The zero-order valence-corrected chi connectivity index (χ0v) is 19.2. The highest BCUT2D eigenvalue weighted by molar-refractivity contribution is 7.89. The van der Waals surface area contributed by atoms with E-state index in [0.717, 1.165) is 33.8 Å². The van der Waals surface area contributed by atoms with Crippen LogP contribution in [0.1, 0.15) is 5.69 Å². The van der Waals surface area contributed by atoms with Crippen molar-refractivity contribution < 1.29 is 8.42 Å². The maximum absolute atomic E-state index is 12.9. The van der Waals surface area contributed by atoms with Crippen LogP contribution in [0.15, 0.2) is 46.5 Å². The number of thiophene rings is 1. The van der Waals surface area contributed by atoms with Gasteiger partial charge in [-0.05, 0) is 23.6 Å². The molecule has 8 nitrogen and oxygen atoms in total. The number of fused-ring (bicyclic) bond motifs is 1. The van der Waals surface area contributed by atoms with Gasteiger partial charge in [0.1, 0.15) is 10.5 Å². The van der Waals surface area contributed by atoms with Gasteiger partial charge in [0, 0.05) is 49.0 Å². The monoisotopic (exact) mass is 474 g/mol. The second-order valence-corrected chi connectivity index (χ2v) is 11.2. The van der Waals surface area contributed by atoms with Crippen molar-refractivity contribution in [2.45, 2.75) is 13.1 Å². The largest absolute Gasteiger partial charge is 0.295 e. The van der Waals surface area contributed by atoms with E-state index in [1.54, 1.807) is 31.7 Å². The zero-order chi connectivity index (χ0) is 21.3. The summed E-state index contributed by atoms with van der Waals surface area (Å²) in [7, 11) is -3.34. The van der Waals surface area contributed by atoms with Gasteiger partial charge in [0.15, 0.2) is 0 Å². The first-order chi connectivity index (χ1) is 15.1. The normalized spacial score (nSPS) is 16.3. The van der Waals surface area contributed by atoms with Crippen LogP contribution in [-0.2, 0) is 23.1 Å². The molecule has 11 heteroatoms. The molecule has 1 saturated heterocycles. The minimum atomic E-state index is -3.34. The Balaban J connectivity index is 1.15. The molecule has 31 heavy (non-hydrogen) atoms. The van der Waals surface area contributed by atoms with Gasteiger partial charge in [-0.15, -0.1) is 16.4 Å². The van der Waals surface area contributed by atoms with Crippen molar-refractivity contribution in [2.75, 3.05) is 31.9 Å². The molecule has 0 amide bonds. The Hall–Kier alpha value is -2.18. The number of piperazine rings is 1. The first-order valence-corrected chi connectivity index (χ1v) is 13.5. The van der Waals surface area contributed by atoms with Gasteiger partial charge < -0.3 is 0 Å². The van der Waals surface area contributed by atoms with Crippen molar-refractivity contribution in [3.05, 3.63) is 52.2 Å². The van der Waals surface area contributed by atoms with E-state index < -0.39 is 10.0 Å². The maximum Gasteiger partial charge on any atom is 0.216 e. The van der Waals surface area contributed by atoms with Gasteiger partial charge in [0.05, 0.1) is 23.5 Å². The first-order valence-electron chi connectivity index (χ1n) is 10.0. The third-order valence-electron chi connectivity index (χ3n) is 5.41. The van der Waals surface area contributed by atoms with Crippen LogP contribution in [0.5, 0.6) is 0 Å². The van der Waals surface area contributed by atoms with Crippen LogP contribution in [0.2, 0.25) is 0 Å². The molecule has 0 unspecified atom stereocenters. The van der Waals surface area contributed by atoms with Crippen molar-refractivity contribution >= 4 is 43.7 Å². The summed E-state index contributed by atoms with van der Waals surface area (Å²) in [4.78, 5) is 7.00. The fourth-order valence-corrected chi connectivity index (χ4v) is 6.61. The lowest BCUT2D eigenvalue weighted by Gasteiger charge is -2.33. The number of hydrogen-bond donors (Lipinski definition) is 0. The van der Waals surface area contributed by atoms with E-state index in [4.69, 9.17) is 4.98 Å². The van der Waals surface area contributed by atoms with E-state index in [1.165, 1.54) is 0 Å². The molecule has 3 aromatic heterocycles. The van der Waals surface area contributed by atoms with Crippen molar-refractivity contribution in [2.24, 2.45) is 0 Å². The predicted molar refractivity (Wildman–Crippen MR) is 124 cm³/mol. The molecule has 5 rings (SSSR count). The summed E-state index contributed by atoms with van der Waals surface area (Å²) in [6.45, 7) is 3.46. The molecule has 0 aliphatic carbocycles. The van der Waals surface area contributed by atoms with E-state index in [0.29, 0.717) is 32.7 Å². The molecule has 1 aliphatic rings. The summed E-state index contributed by atoms with van der Waals surface area (Å²) in [5.74, 6) is 0.0242. The summed E-state index contributed by atoms with van der Waals surface area (Å²) >= 11 is 3.33. The van der Waals surface area contributed by atoms with Gasteiger partial charge in [-0.25, -0.2) is 18.1 Å². The topological polar surface area (TPSA) is 84.2 Å². The van der Waals surface area contributed by atoms with Crippen LogP contribution in [0, 0.1) is 0 Å². The number of aromatic nitrogens is 4. The molecule has 0 N–H and O–H groups in total. The van der Waals surface area contributed by atoms with Gasteiger partial charge in [-0.3, -0.25) is 4.90 Å². The van der Waals surface area contributed by atoms with Gasteiger partial charge >= 0.3 is 0 Å². The van der Waals surface area contributed by atoms with Gasteiger partial charge in [0.25, 0.3) is 0 Å². The Bertz CT molecular complexity index is 1260. The van der Waals surface area contributed by atoms with Gasteiger partial charge in [-0.2, -0.15) is 15.6 Å². The Kier molecular flexibility index (Phi) is 5.85. The molecule has 0 spiro atoms. The smallest absolute Gasteiger partial charge is 0.216 e. The summed E-state index contributed by atoms with van der Waals surface area (Å²) in [6.07, 6.45) is 0. The number of aryl methyl sites for hydroxylation is 1. The first kappa shape index (κ1) is 20.7. The molecular weight excluding hydrogens is 452 g/mol. The maximum atomic E-state index is 12.9. The Morgan fingerprint density at radius 2 is 1.87 bits per heavy atom. The minimum absolute atomic E-state index is 0.0242. The lowest BCUT2D eigenvalue weighted by atomic mass is 10.3. The van der Waals surface area contributed by atoms with Crippen LogP contribution in [0.4, 0.5) is 0 Å². The summed E-state index contributed by atoms with van der Waals surface area (Å²) in [6, 6.07) is 9.66. The summed E-state index contributed by atoms with van der Waals surface area (Å²) in [5.41, 5.74) is 3.84. The number of benzene rings is 1. The Morgan fingerprint density at radius 1 is 1.03 bits per heavy atom. The predicted octanol–water partition coefficient (Wildman–Crippen LogP) is 2.76. The van der Waals surface area contributed by atoms with E-state index in [2.05, 4.69) is 37.4 Å². The Morgan fingerprint density at radius 3 is 2.68 bits per heavy atom. The highest BCUT2D eigenvalue weighted by Crippen LogP contribution is 2.26. The molecule has 0 bridgehead atoms. The van der Waals surface area contributed by atoms with Crippen molar-refractivity contribution in [1.29, 1.82) is 0 Å². The van der Waals surface area contributed by atoms with E-state index >= 15 is 0 Å². The minimum Gasteiger partial charge on any atom is -0.295 e. The second-order valence-electron chi connectivity index (χ2n) is 7.45. The standard InChI is InChI=1S/C20H22N6O2S3/c27-31(28,12-10-26-19-4-2-1-3-18(19)22-23-26)25-8-6-24(7-9-25)13-17-15-30-20(21-17)16-5-11-29-14-16/h1-5,11,14-15H,6-10,12-13H2. The fraction of sp³-hybridized carbons (Fsp3) is 0.350. The average molecular weight is 475 g/mol. The number of para-hydroxylation sites is 1. The molecule has 4 heterocycles. The fourth-order valence-electron chi connectivity index (χ4n) is 3.71. The quantitative estimate of drug-likeness (QED) is 0.410. The van der Waals surface area contributed by atoms with Crippen LogP contribution < -0.4 is 0 Å². The van der Waals surface area contributed by atoms with Crippen molar-refractivity contribution in [3.8, 4) is 10.6 Å². The highest BCUT2D eigenvalue weighted by Gasteiger charge is 2.27. The molecule has 0 atom stereocenters. The Labute approximate surface area is 188 Å². The highest BCUT2D eigenvalue weighted by atomic mass is 32.2. The van der Waals surface area contributed by atoms with Gasteiger partial charge in [-0.1, -0.05) is 17.3 Å². The average Bonchev–Trinajstić information content (AvgIpc) is 3.53. The van der Waals surface area contributed by atoms with Crippen LogP contribution in [-0.4, -0.2) is 69.5 Å². The zero-order valence-electron chi connectivity index (χ0n) is 16.8. The molecule has 0 radical (unpaired) electrons. The van der Waals surface area contributed by atoms with E-state index in [-0.39, 0.29) is 5.75 Å². The van der Waals surface area contributed by atoms with Crippen molar-refractivity contribution in [3.63, 3.8) is 0 Å². The third-order valence-corrected chi connectivity index (χ3v) is 8.89. The molecule has 162 valence electrons. The molecule has 4 aromatic rings. The summed E-state index contributed by atoms with van der Waals surface area (Å²) in [5, 5.41) is 15.5. The summed E-state index contributed by atoms with van der Waals surface area (Å²) < 4.78 is 29.0. The molecule has 0 saturated carbocycles. The number of rotatable bonds is 7. The molecule has 1 fully saturated rings. The number of sulfonamides is 1. The molecular formula is C20H22N6O2S3.